The number of rotatable bonds is 12. The fourth-order valence-electron chi connectivity index (χ4n) is 5.39. The Bertz CT molecular complexity index is 1570. The molecule has 1 atom stereocenters. The van der Waals surface area contributed by atoms with Crippen LogP contribution in [-0.4, -0.2) is 16.5 Å². The Morgan fingerprint density at radius 3 is 2.60 bits per heavy atom. The normalized spacial score (nSPS) is 14.9. The molecule has 0 spiro atoms. The standard InChI is InChI=1S/C36H36ClNOS/c1-25(2)33-10-5-4-8-28(33)14-18-35(40-24-36(19-20-36)23-26(3)39)30-9-6-7-27(21-30)11-16-32-17-13-29-12-15-31(37)22-34(29)38-32/h4-13,15-17,21-22,35H,1,14,18-20,23-24H2,2-3H3/b16-11+/t35-/m1/s1. The smallest absolute Gasteiger partial charge is 0.130 e. The third-order valence-corrected chi connectivity index (χ3v) is 9.65. The number of allylic oxidation sites excluding steroid dienone is 1. The van der Waals surface area contributed by atoms with Crippen molar-refractivity contribution in [2.75, 3.05) is 5.75 Å². The second-order valence-corrected chi connectivity index (χ2v) is 12.9. The van der Waals surface area contributed by atoms with Gasteiger partial charge in [-0.2, -0.15) is 11.8 Å². The first-order chi connectivity index (χ1) is 19.3. The fraction of sp³-hybridized carbons (Fsp3) is 0.278. The highest BCUT2D eigenvalue weighted by Gasteiger charge is 2.43. The molecule has 0 bridgehead atoms. The molecular weight excluding hydrogens is 530 g/mol. The van der Waals surface area contributed by atoms with Crippen molar-refractivity contribution in [3.05, 3.63) is 118 Å². The third-order valence-electron chi connectivity index (χ3n) is 7.73. The van der Waals surface area contributed by atoms with Crippen LogP contribution in [0, 0.1) is 5.41 Å². The first-order valence-corrected chi connectivity index (χ1v) is 15.4. The number of aromatic nitrogens is 1. The lowest BCUT2D eigenvalue weighted by molar-refractivity contribution is -0.117. The summed E-state index contributed by atoms with van der Waals surface area (Å²) in [6, 6.07) is 27.4. The van der Waals surface area contributed by atoms with Gasteiger partial charge in [0.15, 0.2) is 0 Å². The van der Waals surface area contributed by atoms with Gasteiger partial charge in [-0.25, -0.2) is 4.98 Å². The molecule has 0 radical (unpaired) electrons. The Balaban J connectivity index is 1.36. The molecule has 1 aliphatic rings. The summed E-state index contributed by atoms with van der Waals surface area (Å²) in [6.45, 7) is 8.01. The van der Waals surface area contributed by atoms with Gasteiger partial charge >= 0.3 is 0 Å². The van der Waals surface area contributed by atoms with E-state index in [9.17, 15) is 4.79 Å². The molecule has 0 unspecified atom stereocenters. The van der Waals surface area contributed by atoms with Crippen molar-refractivity contribution in [3.63, 3.8) is 0 Å². The summed E-state index contributed by atoms with van der Waals surface area (Å²) in [5, 5.41) is 2.12. The molecule has 0 aliphatic heterocycles. The molecule has 204 valence electrons. The van der Waals surface area contributed by atoms with Gasteiger partial charge in [-0.3, -0.25) is 0 Å². The summed E-state index contributed by atoms with van der Waals surface area (Å²) in [4.78, 5) is 16.7. The van der Waals surface area contributed by atoms with E-state index < -0.39 is 0 Å². The van der Waals surface area contributed by atoms with E-state index in [4.69, 9.17) is 16.6 Å². The van der Waals surface area contributed by atoms with Crippen molar-refractivity contribution in [3.8, 4) is 0 Å². The maximum Gasteiger partial charge on any atom is 0.130 e. The predicted molar refractivity (Wildman–Crippen MR) is 174 cm³/mol. The lowest BCUT2D eigenvalue weighted by Crippen LogP contribution is -2.11. The highest BCUT2D eigenvalue weighted by atomic mass is 35.5. The van der Waals surface area contributed by atoms with Gasteiger partial charge in [-0.15, -0.1) is 0 Å². The number of ketones is 1. The van der Waals surface area contributed by atoms with E-state index in [1.807, 2.05) is 36.0 Å². The Labute approximate surface area is 247 Å². The van der Waals surface area contributed by atoms with Gasteiger partial charge in [0.1, 0.15) is 5.78 Å². The summed E-state index contributed by atoms with van der Waals surface area (Å²) < 4.78 is 0. The summed E-state index contributed by atoms with van der Waals surface area (Å²) in [5.41, 5.74) is 8.20. The van der Waals surface area contributed by atoms with Gasteiger partial charge < -0.3 is 4.79 Å². The zero-order valence-corrected chi connectivity index (χ0v) is 24.9. The van der Waals surface area contributed by atoms with Gasteiger partial charge in [-0.05, 0) is 97.2 Å². The number of nitrogens with zero attached hydrogens (tertiary/aromatic N) is 1. The van der Waals surface area contributed by atoms with Crippen LogP contribution in [0.5, 0.6) is 0 Å². The topological polar surface area (TPSA) is 30.0 Å². The molecule has 4 aromatic rings. The number of carbonyl (C=O) groups excluding carboxylic acids is 1. The molecule has 2 nitrogen and oxygen atoms in total. The van der Waals surface area contributed by atoms with E-state index >= 15 is 0 Å². The van der Waals surface area contributed by atoms with E-state index in [0.29, 0.717) is 22.5 Å². The third kappa shape index (κ3) is 7.33. The van der Waals surface area contributed by atoms with Crippen molar-refractivity contribution in [1.29, 1.82) is 0 Å². The Hall–Kier alpha value is -3.14. The molecule has 0 saturated heterocycles. The van der Waals surface area contributed by atoms with Crippen molar-refractivity contribution in [2.45, 2.75) is 51.2 Å². The van der Waals surface area contributed by atoms with E-state index in [1.165, 1.54) is 16.7 Å². The Kier molecular flexibility index (Phi) is 8.93. The summed E-state index contributed by atoms with van der Waals surface area (Å²) in [5.74, 6) is 1.34. The minimum Gasteiger partial charge on any atom is -0.300 e. The minimum absolute atomic E-state index is 0.201. The van der Waals surface area contributed by atoms with Crippen LogP contribution in [0.2, 0.25) is 5.02 Å². The number of carbonyl (C=O) groups is 1. The van der Waals surface area contributed by atoms with Gasteiger partial charge in [0.2, 0.25) is 0 Å². The summed E-state index contributed by atoms with van der Waals surface area (Å²) >= 11 is 8.20. The SMILES string of the molecule is C=C(C)c1ccccc1CC[C@@H](SCC1(CC(C)=O)CC1)c1cccc(/C=C/c2ccc3ccc(Cl)cc3n2)c1. The number of hydrogen-bond acceptors (Lipinski definition) is 3. The van der Waals surface area contributed by atoms with Gasteiger partial charge in [0, 0.05) is 22.1 Å². The number of hydrogen-bond donors (Lipinski definition) is 0. The van der Waals surface area contributed by atoms with Crippen LogP contribution < -0.4 is 0 Å². The molecule has 40 heavy (non-hydrogen) atoms. The van der Waals surface area contributed by atoms with Crippen LogP contribution in [0.4, 0.5) is 0 Å². The van der Waals surface area contributed by atoms with E-state index in [-0.39, 0.29) is 5.41 Å². The van der Waals surface area contributed by atoms with Crippen molar-refractivity contribution in [2.24, 2.45) is 5.41 Å². The highest BCUT2D eigenvalue weighted by molar-refractivity contribution is 7.99. The van der Waals surface area contributed by atoms with Crippen LogP contribution in [0.3, 0.4) is 0 Å². The Morgan fingerprint density at radius 1 is 1.02 bits per heavy atom. The van der Waals surface area contributed by atoms with Crippen molar-refractivity contribution < 1.29 is 4.79 Å². The number of halogens is 1. The van der Waals surface area contributed by atoms with Crippen LogP contribution in [0.1, 0.15) is 72.7 Å². The molecule has 0 amide bonds. The largest absolute Gasteiger partial charge is 0.300 e. The molecular formula is C36H36ClNOS. The number of fused-ring (bicyclic) bond motifs is 1. The zero-order chi connectivity index (χ0) is 28.1. The minimum atomic E-state index is 0.201. The van der Waals surface area contributed by atoms with Crippen LogP contribution >= 0.6 is 23.4 Å². The first-order valence-electron chi connectivity index (χ1n) is 14.0. The molecule has 4 heteroatoms. The van der Waals surface area contributed by atoms with E-state index in [1.54, 1.807) is 6.92 Å². The number of benzene rings is 3. The van der Waals surface area contributed by atoms with Crippen molar-refractivity contribution in [1.82, 2.24) is 4.98 Å². The second kappa shape index (κ2) is 12.6. The Morgan fingerprint density at radius 2 is 1.82 bits per heavy atom. The monoisotopic (exact) mass is 565 g/mol. The second-order valence-electron chi connectivity index (χ2n) is 11.2. The molecule has 1 fully saturated rings. The molecule has 5 rings (SSSR count). The average Bonchev–Trinajstić information content (AvgIpc) is 3.70. The molecule has 3 aromatic carbocycles. The van der Waals surface area contributed by atoms with Gasteiger partial charge in [-0.1, -0.05) is 90.5 Å². The predicted octanol–water partition coefficient (Wildman–Crippen LogP) is 10.3. The quantitative estimate of drug-likeness (QED) is 0.171. The average molecular weight is 566 g/mol. The van der Waals surface area contributed by atoms with E-state index in [0.717, 1.165) is 59.2 Å². The molecule has 1 aromatic heterocycles. The fourth-order valence-corrected chi connectivity index (χ4v) is 7.12. The van der Waals surface area contributed by atoms with Gasteiger partial charge in [0.25, 0.3) is 0 Å². The number of aryl methyl sites for hydroxylation is 1. The van der Waals surface area contributed by atoms with E-state index in [2.05, 4.69) is 80.3 Å². The van der Waals surface area contributed by atoms with Crippen LogP contribution in [0.15, 0.2) is 85.4 Å². The van der Waals surface area contributed by atoms with Crippen LogP contribution in [0.25, 0.3) is 28.6 Å². The molecule has 1 saturated carbocycles. The molecule has 1 heterocycles. The lowest BCUT2D eigenvalue weighted by Gasteiger charge is -2.22. The molecule has 0 N–H and O–H groups in total. The number of thioether (sulfide) groups is 1. The van der Waals surface area contributed by atoms with Crippen LogP contribution in [-0.2, 0) is 11.2 Å². The maximum atomic E-state index is 11.9. The number of Topliss-reactive ketones (excluding diaryl/α,β-unsaturated/α-hetero) is 1. The summed E-state index contributed by atoms with van der Waals surface area (Å²) in [7, 11) is 0. The number of pyridine rings is 1. The molecule has 1 aliphatic carbocycles. The summed E-state index contributed by atoms with van der Waals surface area (Å²) in [6.07, 6.45) is 9.26. The first kappa shape index (κ1) is 28.4. The van der Waals surface area contributed by atoms with Gasteiger partial charge in [0.05, 0.1) is 11.2 Å². The highest BCUT2D eigenvalue weighted by Crippen LogP contribution is 2.53. The zero-order valence-electron chi connectivity index (χ0n) is 23.3. The van der Waals surface area contributed by atoms with Crippen molar-refractivity contribution >= 4 is 57.8 Å². The lowest BCUT2D eigenvalue weighted by atomic mass is 9.96. The maximum absolute atomic E-state index is 11.9.